The maximum absolute atomic E-state index is 5.86. The van der Waals surface area contributed by atoms with Crippen molar-refractivity contribution >= 4 is 5.82 Å². The standard InChI is InChI=1S/C15H24N6/c1-14(2,3)19-15(4,5)12-10-21(20-18-12)9-11-7-6-8-17-13(11)16/h6-8,10,19H,9H2,1-5H3,(H2,16,17). The highest BCUT2D eigenvalue weighted by molar-refractivity contribution is 5.38. The van der Waals surface area contributed by atoms with Crippen LogP contribution in [-0.2, 0) is 12.1 Å². The number of nitrogen functional groups attached to an aromatic ring is 1. The second-order valence-electron chi connectivity index (χ2n) is 6.85. The molecule has 0 aliphatic carbocycles. The van der Waals surface area contributed by atoms with Gasteiger partial charge in [0.2, 0.25) is 0 Å². The second-order valence-corrected chi connectivity index (χ2v) is 6.85. The molecule has 0 spiro atoms. The molecule has 0 aromatic carbocycles. The fraction of sp³-hybridized carbons (Fsp3) is 0.533. The molecule has 2 aromatic heterocycles. The molecule has 0 unspecified atom stereocenters. The molecule has 0 aliphatic rings. The summed E-state index contributed by atoms with van der Waals surface area (Å²) in [7, 11) is 0. The highest BCUT2D eigenvalue weighted by Gasteiger charge is 2.28. The summed E-state index contributed by atoms with van der Waals surface area (Å²) < 4.78 is 1.79. The molecule has 3 N–H and O–H groups in total. The Morgan fingerprint density at radius 3 is 2.57 bits per heavy atom. The molecule has 0 aliphatic heterocycles. The number of nitrogens with two attached hydrogens (primary N) is 1. The van der Waals surface area contributed by atoms with E-state index in [1.165, 1.54) is 0 Å². The van der Waals surface area contributed by atoms with E-state index in [-0.39, 0.29) is 11.1 Å². The zero-order chi connectivity index (χ0) is 15.7. The van der Waals surface area contributed by atoms with Gasteiger partial charge in [0.25, 0.3) is 0 Å². The van der Waals surface area contributed by atoms with Gasteiger partial charge in [-0.25, -0.2) is 9.67 Å². The van der Waals surface area contributed by atoms with E-state index in [1.807, 2.05) is 18.3 Å². The minimum atomic E-state index is -0.253. The van der Waals surface area contributed by atoms with E-state index in [9.17, 15) is 0 Å². The number of rotatable bonds is 4. The van der Waals surface area contributed by atoms with E-state index in [2.05, 4.69) is 55.2 Å². The summed E-state index contributed by atoms with van der Waals surface area (Å²) in [6, 6.07) is 3.82. The lowest BCUT2D eigenvalue weighted by Crippen LogP contribution is -2.48. The number of hydrogen-bond acceptors (Lipinski definition) is 5. The number of nitrogens with zero attached hydrogens (tertiary/aromatic N) is 4. The lowest BCUT2D eigenvalue weighted by molar-refractivity contribution is 0.280. The fourth-order valence-corrected chi connectivity index (χ4v) is 2.42. The highest BCUT2D eigenvalue weighted by Crippen LogP contribution is 2.21. The van der Waals surface area contributed by atoms with Crippen molar-refractivity contribution in [2.45, 2.75) is 52.2 Å². The third-order valence-corrected chi connectivity index (χ3v) is 3.12. The molecule has 6 nitrogen and oxygen atoms in total. The largest absolute Gasteiger partial charge is 0.383 e. The zero-order valence-electron chi connectivity index (χ0n) is 13.4. The Labute approximate surface area is 125 Å². The summed E-state index contributed by atoms with van der Waals surface area (Å²) in [5.74, 6) is 0.529. The van der Waals surface area contributed by atoms with Gasteiger partial charge in [0.15, 0.2) is 0 Å². The van der Waals surface area contributed by atoms with E-state index in [0.717, 1.165) is 11.3 Å². The first-order valence-electron chi connectivity index (χ1n) is 7.07. The molecule has 0 bridgehead atoms. The Kier molecular flexibility index (Phi) is 4.00. The third kappa shape index (κ3) is 4.01. The van der Waals surface area contributed by atoms with Crippen LogP contribution in [0.4, 0.5) is 5.82 Å². The lowest BCUT2D eigenvalue weighted by atomic mass is 9.96. The van der Waals surface area contributed by atoms with Crippen LogP contribution in [0.2, 0.25) is 0 Å². The number of anilines is 1. The molecule has 0 amide bonds. The van der Waals surface area contributed by atoms with Gasteiger partial charge in [-0.15, -0.1) is 5.10 Å². The maximum atomic E-state index is 5.86. The minimum absolute atomic E-state index is 0.00105. The Morgan fingerprint density at radius 1 is 1.24 bits per heavy atom. The predicted octanol–water partition coefficient (Wildman–Crippen LogP) is 1.93. The maximum Gasteiger partial charge on any atom is 0.128 e. The van der Waals surface area contributed by atoms with Crippen molar-refractivity contribution in [3.05, 3.63) is 35.8 Å². The predicted molar refractivity (Wildman–Crippen MR) is 83.7 cm³/mol. The number of aromatic nitrogens is 4. The van der Waals surface area contributed by atoms with Gasteiger partial charge in [-0.1, -0.05) is 11.3 Å². The summed E-state index contributed by atoms with van der Waals surface area (Å²) in [4.78, 5) is 4.08. The van der Waals surface area contributed by atoms with Gasteiger partial charge in [0.05, 0.1) is 18.3 Å². The van der Waals surface area contributed by atoms with Crippen LogP contribution in [0.1, 0.15) is 45.9 Å². The first-order chi connectivity index (χ1) is 9.67. The second kappa shape index (κ2) is 5.44. The van der Waals surface area contributed by atoms with E-state index in [1.54, 1.807) is 10.9 Å². The van der Waals surface area contributed by atoms with Crippen LogP contribution in [0.15, 0.2) is 24.5 Å². The average Bonchev–Trinajstić information content (AvgIpc) is 2.78. The van der Waals surface area contributed by atoms with Crippen molar-refractivity contribution in [2.75, 3.05) is 5.73 Å². The first-order valence-corrected chi connectivity index (χ1v) is 7.07. The van der Waals surface area contributed by atoms with Crippen LogP contribution < -0.4 is 11.1 Å². The van der Waals surface area contributed by atoms with Gasteiger partial charge in [0.1, 0.15) is 11.5 Å². The van der Waals surface area contributed by atoms with E-state index < -0.39 is 0 Å². The topological polar surface area (TPSA) is 81.7 Å². The molecule has 6 heteroatoms. The molecule has 114 valence electrons. The SMILES string of the molecule is CC(C)(C)NC(C)(C)c1cn(Cc2cccnc2N)nn1. The van der Waals surface area contributed by atoms with Crippen molar-refractivity contribution in [3.63, 3.8) is 0 Å². The first kappa shape index (κ1) is 15.4. The average molecular weight is 288 g/mol. The third-order valence-electron chi connectivity index (χ3n) is 3.12. The van der Waals surface area contributed by atoms with Crippen LogP contribution in [0.3, 0.4) is 0 Å². The van der Waals surface area contributed by atoms with Gasteiger partial charge in [-0.05, 0) is 40.7 Å². The normalized spacial score (nSPS) is 12.6. The molecule has 21 heavy (non-hydrogen) atoms. The van der Waals surface area contributed by atoms with Gasteiger partial charge in [-0.2, -0.15) is 0 Å². The summed E-state index contributed by atoms with van der Waals surface area (Å²) in [5, 5.41) is 12.0. The molecule has 0 atom stereocenters. The van der Waals surface area contributed by atoms with Crippen LogP contribution in [0, 0.1) is 0 Å². The van der Waals surface area contributed by atoms with Crippen LogP contribution in [-0.4, -0.2) is 25.5 Å². The summed E-state index contributed by atoms with van der Waals surface area (Å²) in [6.45, 7) is 11.2. The quantitative estimate of drug-likeness (QED) is 0.898. The van der Waals surface area contributed by atoms with Gasteiger partial charge in [-0.3, -0.25) is 0 Å². The van der Waals surface area contributed by atoms with Gasteiger partial charge < -0.3 is 11.1 Å². The molecule has 2 aromatic rings. The van der Waals surface area contributed by atoms with Crippen molar-refractivity contribution < 1.29 is 0 Å². The smallest absolute Gasteiger partial charge is 0.128 e. The molecular formula is C15H24N6. The zero-order valence-corrected chi connectivity index (χ0v) is 13.4. The number of pyridine rings is 1. The number of nitrogens with one attached hydrogen (secondary N) is 1. The van der Waals surface area contributed by atoms with Crippen LogP contribution >= 0.6 is 0 Å². The van der Waals surface area contributed by atoms with Crippen molar-refractivity contribution in [1.82, 2.24) is 25.3 Å². The van der Waals surface area contributed by atoms with Gasteiger partial charge in [0, 0.05) is 17.3 Å². The van der Waals surface area contributed by atoms with Gasteiger partial charge >= 0.3 is 0 Å². The Balaban J connectivity index is 2.17. The molecule has 0 saturated carbocycles. The Bertz CT molecular complexity index is 609. The monoisotopic (exact) mass is 288 g/mol. The summed E-state index contributed by atoms with van der Waals surface area (Å²) >= 11 is 0. The molecule has 0 radical (unpaired) electrons. The van der Waals surface area contributed by atoms with Crippen molar-refractivity contribution in [2.24, 2.45) is 0 Å². The molecule has 2 heterocycles. The molecular weight excluding hydrogens is 264 g/mol. The fourth-order valence-electron chi connectivity index (χ4n) is 2.42. The van der Waals surface area contributed by atoms with Crippen LogP contribution in [0.25, 0.3) is 0 Å². The van der Waals surface area contributed by atoms with Crippen LogP contribution in [0.5, 0.6) is 0 Å². The molecule has 0 fully saturated rings. The summed E-state index contributed by atoms with van der Waals surface area (Å²) in [6.07, 6.45) is 3.63. The number of hydrogen-bond donors (Lipinski definition) is 2. The lowest BCUT2D eigenvalue weighted by Gasteiger charge is -2.33. The van der Waals surface area contributed by atoms with E-state index >= 15 is 0 Å². The minimum Gasteiger partial charge on any atom is -0.383 e. The van der Waals surface area contributed by atoms with E-state index in [0.29, 0.717) is 12.4 Å². The van der Waals surface area contributed by atoms with Crippen molar-refractivity contribution in [3.8, 4) is 0 Å². The van der Waals surface area contributed by atoms with Crippen molar-refractivity contribution in [1.29, 1.82) is 0 Å². The molecule has 2 rings (SSSR count). The van der Waals surface area contributed by atoms with E-state index in [4.69, 9.17) is 5.73 Å². The molecule has 0 saturated heterocycles. The Hall–Kier alpha value is -1.95. The highest BCUT2D eigenvalue weighted by atomic mass is 15.4. The summed E-state index contributed by atoms with van der Waals surface area (Å²) in [5.41, 5.74) is 7.45. The Morgan fingerprint density at radius 2 is 1.95 bits per heavy atom.